The Morgan fingerprint density at radius 2 is 2.05 bits per heavy atom. The van der Waals surface area contributed by atoms with Gasteiger partial charge in [0, 0.05) is 25.6 Å². The second-order valence-corrected chi connectivity index (χ2v) is 5.16. The number of likely N-dealkylation sites (tertiary alicyclic amines) is 1. The highest BCUT2D eigenvalue weighted by molar-refractivity contribution is 5.87. The second-order valence-electron chi connectivity index (χ2n) is 5.16. The van der Waals surface area contributed by atoms with Gasteiger partial charge in [-0.15, -0.1) is 0 Å². The van der Waals surface area contributed by atoms with Gasteiger partial charge in [-0.25, -0.2) is 0 Å². The Kier molecular flexibility index (Phi) is 6.84. The van der Waals surface area contributed by atoms with Crippen molar-refractivity contribution in [3.8, 4) is 0 Å². The van der Waals surface area contributed by atoms with Gasteiger partial charge < -0.3 is 15.5 Å². The molecule has 2 atom stereocenters. The lowest BCUT2D eigenvalue weighted by Crippen LogP contribution is -2.53. The molecule has 1 fully saturated rings. The van der Waals surface area contributed by atoms with Crippen molar-refractivity contribution >= 4 is 11.8 Å². The van der Waals surface area contributed by atoms with Crippen LogP contribution in [-0.2, 0) is 9.59 Å². The summed E-state index contributed by atoms with van der Waals surface area (Å²) in [5.74, 6) is 0.0748. The number of likely N-dealkylation sites (N-methyl/N-ethyl adjacent to an activating group) is 1. The lowest BCUT2D eigenvalue weighted by molar-refractivity contribution is -0.142. The predicted molar refractivity (Wildman–Crippen MR) is 75.8 cm³/mol. The molecule has 0 bridgehead atoms. The number of nitrogens with one attached hydrogen (secondary N) is 2. The Labute approximate surface area is 116 Å². The second kappa shape index (κ2) is 8.15. The molecule has 0 aromatic rings. The monoisotopic (exact) mass is 269 g/mol. The Morgan fingerprint density at radius 3 is 2.68 bits per heavy atom. The molecular weight excluding hydrogens is 242 g/mol. The van der Waals surface area contributed by atoms with Gasteiger partial charge in [-0.3, -0.25) is 9.59 Å². The minimum absolute atomic E-state index is 0.00810. The van der Waals surface area contributed by atoms with Crippen molar-refractivity contribution in [1.82, 2.24) is 15.5 Å². The van der Waals surface area contributed by atoms with Crippen molar-refractivity contribution in [3.63, 3.8) is 0 Å². The van der Waals surface area contributed by atoms with Gasteiger partial charge in [0.2, 0.25) is 11.8 Å². The third kappa shape index (κ3) is 4.82. The maximum Gasteiger partial charge on any atom is 0.242 e. The molecule has 2 amide bonds. The molecule has 0 aliphatic carbocycles. The molecule has 1 aliphatic rings. The summed E-state index contributed by atoms with van der Waals surface area (Å²) in [6.45, 7) is 8.14. The highest BCUT2D eigenvalue weighted by Gasteiger charge is 2.31. The molecule has 0 spiro atoms. The summed E-state index contributed by atoms with van der Waals surface area (Å²) in [4.78, 5) is 25.8. The first-order valence-electron chi connectivity index (χ1n) is 7.40. The van der Waals surface area contributed by atoms with E-state index >= 15 is 0 Å². The molecule has 1 heterocycles. The maximum absolute atomic E-state index is 12.2. The van der Waals surface area contributed by atoms with Gasteiger partial charge in [0.05, 0.1) is 0 Å². The van der Waals surface area contributed by atoms with Crippen LogP contribution < -0.4 is 10.6 Å². The van der Waals surface area contributed by atoms with Gasteiger partial charge in [-0.1, -0.05) is 13.8 Å². The normalized spacial score (nSPS) is 21.0. The highest BCUT2D eigenvalue weighted by Crippen LogP contribution is 2.18. The molecule has 0 aromatic carbocycles. The van der Waals surface area contributed by atoms with Crippen molar-refractivity contribution in [2.45, 2.75) is 58.5 Å². The van der Waals surface area contributed by atoms with Crippen LogP contribution in [-0.4, -0.2) is 48.4 Å². The molecule has 1 aliphatic heterocycles. The Hall–Kier alpha value is -1.10. The van der Waals surface area contributed by atoms with E-state index in [-0.39, 0.29) is 23.9 Å². The first-order chi connectivity index (χ1) is 9.10. The van der Waals surface area contributed by atoms with Crippen molar-refractivity contribution in [3.05, 3.63) is 0 Å². The standard InChI is InChI=1S/C14H27N3O2/c1-4-13(18)17-9-7-6-8-12(17)14(19)16-10-11(3)15-5-2/h11-12,15H,4-10H2,1-3H3,(H,16,19)/t11-,12?/m1/s1. The molecule has 19 heavy (non-hydrogen) atoms. The lowest BCUT2D eigenvalue weighted by atomic mass is 10.0. The quantitative estimate of drug-likeness (QED) is 0.753. The zero-order chi connectivity index (χ0) is 14.3. The zero-order valence-corrected chi connectivity index (χ0v) is 12.4. The van der Waals surface area contributed by atoms with Crippen LogP contribution in [0.15, 0.2) is 0 Å². The smallest absolute Gasteiger partial charge is 0.242 e. The van der Waals surface area contributed by atoms with Crippen LogP contribution >= 0.6 is 0 Å². The average molecular weight is 269 g/mol. The van der Waals surface area contributed by atoms with Crippen LogP contribution in [0.5, 0.6) is 0 Å². The fraction of sp³-hybridized carbons (Fsp3) is 0.857. The summed E-state index contributed by atoms with van der Waals surface area (Å²) >= 11 is 0. The number of nitrogens with zero attached hydrogens (tertiary/aromatic N) is 1. The zero-order valence-electron chi connectivity index (χ0n) is 12.4. The van der Waals surface area contributed by atoms with Crippen LogP contribution in [0.4, 0.5) is 0 Å². The van der Waals surface area contributed by atoms with Crippen LogP contribution in [0, 0.1) is 0 Å². The summed E-state index contributed by atoms with van der Waals surface area (Å²) in [6, 6.07) is -0.0112. The van der Waals surface area contributed by atoms with E-state index in [9.17, 15) is 9.59 Å². The fourth-order valence-electron chi connectivity index (χ4n) is 2.50. The van der Waals surface area contributed by atoms with E-state index in [1.54, 1.807) is 4.90 Å². The Balaban J connectivity index is 2.50. The summed E-state index contributed by atoms with van der Waals surface area (Å²) in [5, 5.41) is 6.20. The van der Waals surface area contributed by atoms with Crippen molar-refractivity contribution in [1.29, 1.82) is 0 Å². The molecule has 1 rings (SSSR count). The van der Waals surface area contributed by atoms with Crippen LogP contribution in [0.3, 0.4) is 0 Å². The molecule has 110 valence electrons. The van der Waals surface area contributed by atoms with Crippen molar-refractivity contribution in [2.75, 3.05) is 19.6 Å². The molecular formula is C14H27N3O2. The largest absolute Gasteiger partial charge is 0.353 e. The number of amides is 2. The van der Waals surface area contributed by atoms with E-state index in [2.05, 4.69) is 10.6 Å². The maximum atomic E-state index is 12.2. The molecule has 0 saturated carbocycles. The number of hydrogen-bond acceptors (Lipinski definition) is 3. The SMILES string of the molecule is CCN[C@H](C)CNC(=O)C1CCCCN1C(=O)CC. The lowest BCUT2D eigenvalue weighted by Gasteiger charge is -2.34. The molecule has 1 saturated heterocycles. The molecule has 5 nitrogen and oxygen atoms in total. The average Bonchev–Trinajstić information content (AvgIpc) is 2.44. The Morgan fingerprint density at radius 1 is 1.32 bits per heavy atom. The van der Waals surface area contributed by atoms with Gasteiger partial charge in [-0.05, 0) is 32.7 Å². The summed E-state index contributed by atoms with van der Waals surface area (Å²) in [5.41, 5.74) is 0. The summed E-state index contributed by atoms with van der Waals surface area (Å²) in [7, 11) is 0. The van der Waals surface area contributed by atoms with Crippen LogP contribution in [0.2, 0.25) is 0 Å². The molecule has 2 N–H and O–H groups in total. The number of piperidine rings is 1. The van der Waals surface area contributed by atoms with E-state index in [1.807, 2.05) is 20.8 Å². The first-order valence-corrected chi connectivity index (χ1v) is 7.40. The minimum atomic E-state index is -0.268. The van der Waals surface area contributed by atoms with E-state index < -0.39 is 0 Å². The van der Waals surface area contributed by atoms with Gasteiger partial charge in [0.25, 0.3) is 0 Å². The van der Waals surface area contributed by atoms with Gasteiger partial charge in [0.15, 0.2) is 0 Å². The topological polar surface area (TPSA) is 61.4 Å². The molecule has 0 aromatic heterocycles. The summed E-state index contributed by atoms with van der Waals surface area (Å²) < 4.78 is 0. The number of carbonyl (C=O) groups is 2. The minimum Gasteiger partial charge on any atom is -0.353 e. The molecule has 0 radical (unpaired) electrons. The van der Waals surface area contributed by atoms with Gasteiger partial charge >= 0.3 is 0 Å². The predicted octanol–water partition coefficient (Wildman–Crippen LogP) is 0.892. The van der Waals surface area contributed by atoms with Gasteiger partial charge in [-0.2, -0.15) is 0 Å². The van der Waals surface area contributed by atoms with E-state index in [4.69, 9.17) is 0 Å². The molecule has 1 unspecified atom stereocenters. The van der Waals surface area contributed by atoms with E-state index in [0.29, 0.717) is 19.5 Å². The Bertz CT molecular complexity index is 307. The summed E-state index contributed by atoms with van der Waals surface area (Å²) in [6.07, 6.45) is 3.28. The van der Waals surface area contributed by atoms with Crippen LogP contribution in [0.25, 0.3) is 0 Å². The third-order valence-electron chi connectivity index (χ3n) is 3.56. The number of rotatable bonds is 6. The molecule has 5 heteroatoms. The van der Waals surface area contributed by atoms with Crippen molar-refractivity contribution < 1.29 is 9.59 Å². The van der Waals surface area contributed by atoms with Gasteiger partial charge in [0.1, 0.15) is 6.04 Å². The van der Waals surface area contributed by atoms with E-state index in [1.165, 1.54) is 0 Å². The van der Waals surface area contributed by atoms with Crippen LogP contribution in [0.1, 0.15) is 46.5 Å². The third-order valence-corrected chi connectivity index (χ3v) is 3.56. The number of carbonyl (C=O) groups excluding carboxylic acids is 2. The number of hydrogen-bond donors (Lipinski definition) is 2. The highest BCUT2D eigenvalue weighted by atomic mass is 16.2. The fourth-order valence-corrected chi connectivity index (χ4v) is 2.50. The first kappa shape index (κ1) is 16.0. The van der Waals surface area contributed by atoms with E-state index in [0.717, 1.165) is 25.8 Å². The van der Waals surface area contributed by atoms with Crippen molar-refractivity contribution in [2.24, 2.45) is 0 Å².